The minimum Gasteiger partial charge on any atom is -0.311 e. The topological polar surface area (TPSA) is 28.2 Å². The van der Waals surface area contributed by atoms with Crippen molar-refractivity contribution >= 4 is 10.9 Å². The first-order valence-corrected chi connectivity index (χ1v) is 7.79. The van der Waals surface area contributed by atoms with Crippen LogP contribution in [0.5, 0.6) is 0 Å². The largest absolute Gasteiger partial charge is 0.311 e. The van der Waals surface area contributed by atoms with Crippen LogP contribution in [0.25, 0.3) is 10.9 Å². The first-order valence-electron chi connectivity index (χ1n) is 7.79. The lowest BCUT2D eigenvalue weighted by Gasteiger charge is -2.45. The van der Waals surface area contributed by atoms with Gasteiger partial charge in [-0.15, -0.1) is 0 Å². The first-order chi connectivity index (χ1) is 9.95. The van der Waals surface area contributed by atoms with E-state index in [2.05, 4.69) is 73.2 Å². The van der Waals surface area contributed by atoms with Crippen molar-refractivity contribution in [2.24, 2.45) is 0 Å². The molecule has 1 atom stereocenters. The Balaban J connectivity index is 1.97. The Morgan fingerprint density at radius 2 is 2.10 bits per heavy atom. The second kappa shape index (κ2) is 5.39. The molecule has 0 saturated carbocycles. The smallest absolute Gasteiger partial charge is 0.0708 e. The van der Waals surface area contributed by atoms with E-state index in [-0.39, 0.29) is 5.54 Å². The fourth-order valence-corrected chi connectivity index (χ4v) is 3.19. The third-order valence-corrected chi connectivity index (χ3v) is 4.52. The Kier molecular flexibility index (Phi) is 3.72. The van der Waals surface area contributed by atoms with E-state index < -0.39 is 0 Å². The van der Waals surface area contributed by atoms with E-state index in [1.54, 1.807) is 0 Å². The highest BCUT2D eigenvalue weighted by atomic mass is 15.3. The zero-order chi connectivity index (χ0) is 15.0. The number of nitrogens with one attached hydrogen (secondary N) is 1. The van der Waals surface area contributed by atoms with Gasteiger partial charge >= 0.3 is 0 Å². The van der Waals surface area contributed by atoms with Crippen LogP contribution in [0.4, 0.5) is 0 Å². The summed E-state index contributed by atoms with van der Waals surface area (Å²) in [6.45, 7) is 12.1. The van der Waals surface area contributed by atoms with Gasteiger partial charge in [-0.3, -0.25) is 9.88 Å². The highest BCUT2D eigenvalue weighted by Crippen LogP contribution is 2.25. The SMILES string of the molecule is Cc1cc(CN2CC(C)NCC2(C)C)c2ccccc2n1. The molecule has 1 N–H and O–H groups in total. The number of fused-ring (bicyclic) bond motifs is 1. The van der Waals surface area contributed by atoms with Crippen molar-refractivity contribution in [3.05, 3.63) is 41.6 Å². The lowest BCUT2D eigenvalue weighted by molar-refractivity contribution is 0.0630. The number of aromatic nitrogens is 1. The lowest BCUT2D eigenvalue weighted by atomic mass is 9.96. The molecule has 2 heterocycles. The standard InChI is InChI=1S/C18H25N3/c1-13-9-15(16-7-5-6-8-17(16)20-13)11-21-10-14(2)19-12-18(21,3)4/h5-9,14,19H,10-12H2,1-4H3. The van der Waals surface area contributed by atoms with E-state index in [1.165, 1.54) is 10.9 Å². The number of hydrogen-bond acceptors (Lipinski definition) is 3. The molecule has 0 bridgehead atoms. The van der Waals surface area contributed by atoms with Gasteiger partial charge in [0, 0.05) is 42.3 Å². The van der Waals surface area contributed by atoms with Crippen LogP contribution in [0.15, 0.2) is 30.3 Å². The molecule has 1 unspecified atom stereocenters. The Hall–Kier alpha value is -1.45. The number of benzene rings is 1. The summed E-state index contributed by atoms with van der Waals surface area (Å²) in [5.41, 5.74) is 3.78. The molecule has 0 spiro atoms. The fourth-order valence-electron chi connectivity index (χ4n) is 3.19. The summed E-state index contributed by atoms with van der Waals surface area (Å²) in [5, 5.41) is 4.87. The monoisotopic (exact) mass is 283 g/mol. The molecule has 1 aromatic carbocycles. The van der Waals surface area contributed by atoms with Crippen LogP contribution in [-0.4, -0.2) is 34.6 Å². The molecule has 0 radical (unpaired) electrons. The van der Waals surface area contributed by atoms with Crippen LogP contribution >= 0.6 is 0 Å². The summed E-state index contributed by atoms with van der Waals surface area (Å²) in [7, 11) is 0. The van der Waals surface area contributed by atoms with Crippen LogP contribution in [0, 0.1) is 6.92 Å². The van der Waals surface area contributed by atoms with Crippen LogP contribution in [0.1, 0.15) is 32.0 Å². The minimum absolute atomic E-state index is 0.185. The van der Waals surface area contributed by atoms with E-state index >= 15 is 0 Å². The number of aryl methyl sites for hydroxylation is 1. The van der Waals surface area contributed by atoms with Gasteiger partial charge in [0.15, 0.2) is 0 Å². The van der Waals surface area contributed by atoms with E-state index in [0.29, 0.717) is 6.04 Å². The number of hydrogen-bond donors (Lipinski definition) is 1. The molecule has 3 rings (SSSR count). The Bertz CT molecular complexity index is 648. The maximum absolute atomic E-state index is 4.65. The fraction of sp³-hybridized carbons (Fsp3) is 0.500. The van der Waals surface area contributed by atoms with Gasteiger partial charge in [-0.05, 0) is 45.4 Å². The van der Waals surface area contributed by atoms with Gasteiger partial charge in [0.1, 0.15) is 0 Å². The Morgan fingerprint density at radius 3 is 2.90 bits per heavy atom. The first kappa shape index (κ1) is 14.5. The van der Waals surface area contributed by atoms with Crippen molar-refractivity contribution in [2.45, 2.75) is 45.8 Å². The van der Waals surface area contributed by atoms with Crippen LogP contribution in [0.3, 0.4) is 0 Å². The Labute approximate surface area is 127 Å². The van der Waals surface area contributed by atoms with Gasteiger partial charge in [-0.25, -0.2) is 0 Å². The van der Waals surface area contributed by atoms with Crippen molar-refractivity contribution in [1.29, 1.82) is 0 Å². The number of rotatable bonds is 2. The molecule has 0 amide bonds. The number of pyridine rings is 1. The predicted molar refractivity (Wildman–Crippen MR) is 88.4 cm³/mol. The van der Waals surface area contributed by atoms with Gasteiger partial charge in [0.25, 0.3) is 0 Å². The molecule has 3 nitrogen and oxygen atoms in total. The Morgan fingerprint density at radius 1 is 1.33 bits per heavy atom. The zero-order valence-corrected chi connectivity index (χ0v) is 13.5. The normalized spacial score (nSPS) is 22.6. The third-order valence-electron chi connectivity index (χ3n) is 4.52. The third kappa shape index (κ3) is 2.94. The van der Waals surface area contributed by atoms with Gasteiger partial charge < -0.3 is 5.32 Å². The molecule has 3 heteroatoms. The molecule has 1 aliphatic heterocycles. The maximum atomic E-state index is 4.65. The molecule has 1 fully saturated rings. The molecule has 0 aliphatic carbocycles. The van der Waals surface area contributed by atoms with Crippen LogP contribution in [0.2, 0.25) is 0 Å². The second-order valence-corrected chi connectivity index (χ2v) is 6.91. The summed E-state index contributed by atoms with van der Waals surface area (Å²) in [5.74, 6) is 0. The van der Waals surface area contributed by atoms with E-state index in [0.717, 1.165) is 30.8 Å². The quantitative estimate of drug-likeness (QED) is 0.918. The van der Waals surface area contributed by atoms with Crippen molar-refractivity contribution in [1.82, 2.24) is 15.2 Å². The predicted octanol–water partition coefficient (Wildman–Crippen LogP) is 3.12. The number of para-hydroxylation sites is 1. The minimum atomic E-state index is 0.185. The summed E-state index contributed by atoms with van der Waals surface area (Å²) >= 11 is 0. The maximum Gasteiger partial charge on any atom is 0.0708 e. The molecule has 112 valence electrons. The van der Waals surface area contributed by atoms with Crippen LogP contribution < -0.4 is 5.32 Å². The van der Waals surface area contributed by atoms with Gasteiger partial charge in [-0.2, -0.15) is 0 Å². The van der Waals surface area contributed by atoms with Crippen molar-refractivity contribution < 1.29 is 0 Å². The molecular formula is C18H25N3. The lowest BCUT2D eigenvalue weighted by Crippen LogP contribution is -2.60. The summed E-state index contributed by atoms with van der Waals surface area (Å²) in [6, 6.07) is 11.3. The summed E-state index contributed by atoms with van der Waals surface area (Å²) in [6.07, 6.45) is 0. The average molecular weight is 283 g/mol. The molecule has 21 heavy (non-hydrogen) atoms. The van der Waals surface area contributed by atoms with Crippen molar-refractivity contribution in [2.75, 3.05) is 13.1 Å². The van der Waals surface area contributed by atoms with Gasteiger partial charge in [0.05, 0.1) is 5.52 Å². The van der Waals surface area contributed by atoms with Crippen molar-refractivity contribution in [3.8, 4) is 0 Å². The van der Waals surface area contributed by atoms with E-state index in [4.69, 9.17) is 0 Å². The summed E-state index contributed by atoms with van der Waals surface area (Å²) in [4.78, 5) is 7.24. The van der Waals surface area contributed by atoms with Crippen molar-refractivity contribution in [3.63, 3.8) is 0 Å². The molecule has 1 aliphatic rings. The molecule has 2 aromatic rings. The number of nitrogens with zero attached hydrogens (tertiary/aromatic N) is 2. The van der Waals surface area contributed by atoms with E-state index in [1.807, 2.05) is 0 Å². The zero-order valence-electron chi connectivity index (χ0n) is 13.5. The summed E-state index contributed by atoms with van der Waals surface area (Å²) < 4.78 is 0. The molecule has 1 aromatic heterocycles. The number of piperazine rings is 1. The average Bonchev–Trinajstić information content (AvgIpc) is 2.43. The highest BCUT2D eigenvalue weighted by molar-refractivity contribution is 5.82. The second-order valence-electron chi connectivity index (χ2n) is 6.91. The van der Waals surface area contributed by atoms with Gasteiger partial charge in [-0.1, -0.05) is 18.2 Å². The molecular weight excluding hydrogens is 258 g/mol. The highest BCUT2D eigenvalue weighted by Gasteiger charge is 2.32. The van der Waals surface area contributed by atoms with Gasteiger partial charge in [0.2, 0.25) is 0 Å². The van der Waals surface area contributed by atoms with E-state index in [9.17, 15) is 0 Å². The van der Waals surface area contributed by atoms with Crippen LogP contribution in [-0.2, 0) is 6.54 Å². The molecule has 1 saturated heterocycles.